The number of carbonyl (C=O) groups excluding carboxylic acids is 1. The average Bonchev–Trinajstić information content (AvgIpc) is 3.25. The van der Waals surface area contributed by atoms with Crippen LogP contribution in [0.15, 0.2) is 24.4 Å². The lowest BCUT2D eigenvalue weighted by Gasteiger charge is -2.23. The Hall–Kier alpha value is -1.92. The molecule has 0 unspecified atom stereocenters. The van der Waals surface area contributed by atoms with Crippen LogP contribution in [0.5, 0.6) is 0 Å². The highest BCUT2D eigenvalue weighted by atomic mass is 16.5. The van der Waals surface area contributed by atoms with Crippen LogP contribution in [0.3, 0.4) is 0 Å². The van der Waals surface area contributed by atoms with E-state index in [1.54, 1.807) is 17.8 Å². The maximum atomic E-state index is 10.9. The lowest BCUT2D eigenvalue weighted by molar-refractivity contribution is -0.124. The van der Waals surface area contributed by atoms with E-state index in [0.29, 0.717) is 6.04 Å². The van der Waals surface area contributed by atoms with Crippen molar-refractivity contribution in [1.82, 2.24) is 15.4 Å². The average molecular weight is 316 g/mol. The molecule has 0 spiro atoms. The third-order valence-corrected chi connectivity index (χ3v) is 4.74. The molecule has 3 rings (SSSR count). The first-order valence-electron chi connectivity index (χ1n) is 8.33. The molecular formula is C17H24N4O2. The van der Waals surface area contributed by atoms with Gasteiger partial charge in [-0.15, -0.1) is 0 Å². The molecule has 1 aromatic heterocycles. The second-order valence-electron chi connectivity index (χ2n) is 6.35. The number of carbonyl (C=O) groups is 1. The first kappa shape index (κ1) is 16.0. The number of likely N-dealkylation sites (tertiary alicyclic amines) is 1. The third kappa shape index (κ3) is 4.30. The van der Waals surface area contributed by atoms with Gasteiger partial charge in [0.2, 0.25) is 0 Å². The van der Waals surface area contributed by atoms with Crippen molar-refractivity contribution in [3.05, 3.63) is 30.0 Å². The predicted octanol–water partition coefficient (Wildman–Crippen LogP) is 2.03. The van der Waals surface area contributed by atoms with Gasteiger partial charge >= 0.3 is 0 Å². The number of rotatable bonds is 5. The molecule has 1 aliphatic heterocycles. The molecule has 2 heterocycles. The van der Waals surface area contributed by atoms with Crippen LogP contribution in [-0.2, 0) is 4.79 Å². The molecule has 6 nitrogen and oxygen atoms in total. The normalized spacial score (nSPS) is 22.7. The Labute approximate surface area is 136 Å². The maximum absolute atomic E-state index is 10.9. The number of nitrogens with one attached hydrogen (secondary N) is 2. The number of hydrogen-bond donors (Lipinski definition) is 3. The zero-order chi connectivity index (χ0) is 16.1. The number of pyridine rings is 1. The lowest BCUT2D eigenvalue weighted by atomic mass is 10.2. The van der Waals surface area contributed by atoms with Gasteiger partial charge < -0.3 is 5.32 Å². The Bertz CT molecular complexity index is 552. The van der Waals surface area contributed by atoms with Gasteiger partial charge in [0.15, 0.2) is 0 Å². The number of amides is 1. The van der Waals surface area contributed by atoms with Crippen molar-refractivity contribution >= 4 is 17.8 Å². The van der Waals surface area contributed by atoms with E-state index in [2.05, 4.69) is 15.2 Å². The summed E-state index contributed by atoms with van der Waals surface area (Å²) in [4.78, 5) is 18.0. The quantitative estimate of drug-likeness (QED) is 0.440. The minimum absolute atomic E-state index is 0.463. The fourth-order valence-corrected chi connectivity index (χ4v) is 3.51. The molecule has 6 heteroatoms. The van der Waals surface area contributed by atoms with Crippen molar-refractivity contribution in [1.29, 1.82) is 0 Å². The van der Waals surface area contributed by atoms with Gasteiger partial charge in [-0.3, -0.25) is 14.9 Å². The van der Waals surface area contributed by atoms with Gasteiger partial charge in [-0.1, -0.05) is 12.8 Å². The molecule has 3 N–H and O–H groups in total. The van der Waals surface area contributed by atoms with E-state index in [0.717, 1.165) is 30.4 Å². The molecule has 1 aliphatic carbocycles. The zero-order valence-corrected chi connectivity index (χ0v) is 13.2. The molecule has 2 fully saturated rings. The van der Waals surface area contributed by atoms with E-state index in [-0.39, 0.29) is 0 Å². The summed E-state index contributed by atoms with van der Waals surface area (Å²) in [6.07, 6.45) is 11.2. The Morgan fingerprint density at radius 2 is 2.13 bits per heavy atom. The Morgan fingerprint density at radius 1 is 1.30 bits per heavy atom. The van der Waals surface area contributed by atoms with E-state index in [4.69, 9.17) is 5.21 Å². The molecule has 2 aliphatic rings. The van der Waals surface area contributed by atoms with Crippen molar-refractivity contribution < 1.29 is 10.0 Å². The number of hydrogen-bond acceptors (Lipinski definition) is 5. The summed E-state index contributed by atoms with van der Waals surface area (Å²) in [5.74, 6) is 0.317. The summed E-state index contributed by atoms with van der Waals surface area (Å²) in [7, 11) is 0. The fourth-order valence-electron chi connectivity index (χ4n) is 3.51. The maximum Gasteiger partial charge on any atom is 0.267 e. The topological polar surface area (TPSA) is 77.5 Å². The monoisotopic (exact) mass is 316 g/mol. The molecule has 0 aromatic carbocycles. The molecule has 23 heavy (non-hydrogen) atoms. The van der Waals surface area contributed by atoms with Gasteiger partial charge in [0.05, 0.1) is 0 Å². The molecule has 1 atom stereocenters. The van der Waals surface area contributed by atoms with Crippen LogP contribution in [0.4, 0.5) is 5.82 Å². The summed E-state index contributed by atoms with van der Waals surface area (Å²) >= 11 is 0. The molecule has 1 saturated carbocycles. The second kappa shape index (κ2) is 7.57. The van der Waals surface area contributed by atoms with E-state index in [9.17, 15) is 4.79 Å². The predicted molar refractivity (Wildman–Crippen MR) is 89.1 cm³/mol. The first-order chi connectivity index (χ1) is 11.2. The smallest absolute Gasteiger partial charge is 0.267 e. The van der Waals surface area contributed by atoms with E-state index < -0.39 is 5.91 Å². The molecule has 1 saturated heterocycles. The van der Waals surface area contributed by atoms with Gasteiger partial charge in [-0.2, -0.15) is 0 Å². The molecule has 124 valence electrons. The Kier molecular flexibility index (Phi) is 5.25. The van der Waals surface area contributed by atoms with Crippen LogP contribution in [0.25, 0.3) is 6.08 Å². The fraction of sp³-hybridized carbons (Fsp3) is 0.529. The van der Waals surface area contributed by atoms with Crippen LogP contribution < -0.4 is 10.8 Å². The number of nitrogens with zero attached hydrogens (tertiary/aromatic N) is 2. The molecule has 1 amide bonds. The second-order valence-corrected chi connectivity index (χ2v) is 6.35. The lowest BCUT2D eigenvalue weighted by Crippen LogP contribution is -2.33. The Morgan fingerprint density at radius 3 is 2.83 bits per heavy atom. The van der Waals surface area contributed by atoms with E-state index >= 15 is 0 Å². The standard InChI is InChI=1S/C17H24N4O2/c22-17(20-23)8-6-13-5-7-16(18-11-13)19-14-9-10-21(12-14)15-3-1-2-4-15/h5-8,11,14-15,23H,1-4,9-10,12H2,(H,18,19)(H,20,22)/t14-/m1/s1. The Balaban J connectivity index is 1.50. The van der Waals surface area contributed by atoms with Gasteiger partial charge in [0.1, 0.15) is 5.82 Å². The van der Waals surface area contributed by atoms with Gasteiger partial charge in [-0.05, 0) is 43.0 Å². The van der Waals surface area contributed by atoms with Gasteiger partial charge in [0.25, 0.3) is 5.91 Å². The summed E-state index contributed by atoms with van der Waals surface area (Å²) in [6, 6.07) is 5.08. The molecule has 0 radical (unpaired) electrons. The van der Waals surface area contributed by atoms with Crippen molar-refractivity contribution in [2.75, 3.05) is 18.4 Å². The van der Waals surface area contributed by atoms with Crippen molar-refractivity contribution in [2.24, 2.45) is 0 Å². The van der Waals surface area contributed by atoms with Crippen LogP contribution in [0, 0.1) is 0 Å². The first-order valence-corrected chi connectivity index (χ1v) is 8.33. The summed E-state index contributed by atoms with van der Waals surface area (Å²) in [6.45, 7) is 2.28. The van der Waals surface area contributed by atoms with Crippen LogP contribution >= 0.6 is 0 Å². The summed E-state index contributed by atoms with van der Waals surface area (Å²) < 4.78 is 0. The van der Waals surface area contributed by atoms with E-state index in [1.165, 1.54) is 38.3 Å². The zero-order valence-electron chi connectivity index (χ0n) is 13.2. The number of anilines is 1. The van der Waals surface area contributed by atoms with Crippen molar-refractivity contribution in [3.8, 4) is 0 Å². The molecule has 1 aromatic rings. The van der Waals surface area contributed by atoms with Gasteiger partial charge in [0, 0.05) is 37.4 Å². The van der Waals surface area contributed by atoms with Crippen molar-refractivity contribution in [2.45, 2.75) is 44.2 Å². The summed E-state index contributed by atoms with van der Waals surface area (Å²) in [5.41, 5.74) is 2.38. The van der Waals surface area contributed by atoms with Crippen LogP contribution in [0.1, 0.15) is 37.7 Å². The summed E-state index contributed by atoms with van der Waals surface area (Å²) in [5, 5.41) is 11.9. The van der Waals surface area contributed by atoms with Gasteiger partial charge in [-0.25, -0.2) is 10.5 Å². The number of hydroxylamine groups is 1. The molecular weight excluding hydrogens is 292 g/mol. The minimum atomic E-state index is -0.551. The van der Waals surface area contributed by atoms with Crippen LogP contribution in [-0.4, -0.2) is 46.2 Å². The SMILES string of the molecule is O=C(C=Cc1ccc(N[C@@H]2CCN(C3CCCC3)C2)nc1)NO. The number of aromatic nitrogens is 1. The highest BCUT2D eigenvalue weighted by Gasteiger charge is 2.29. The molecule has 0 bridgehead atoms. The van der Waals surface area contributed by atoms with Crippen LogP contribution in [0.2, 0.25) is 0 Å². The highest BCUT2D eigenvalue weighted by molar-refractivity contribution is 5.90. The third-order valence-electron chi connectivity index (χ3n) is 4.74. The minimum Gasteiger partial charge on any atom is -0.366 e. The largest absolute Gasteiger partial charge is 0.366 e. The highest BCUT2D eigenvalue weighted by Crippen LogP contribution is 2.27. The van der Waals surface area contributed by atoms with Crippen molar-refractivity contribution in [3.63, 3.8) is 0 Å². The van der Waals surface area contributed by atoms with E-state index in [1.807, 2.05) is 12.1 Å².